The number of piperidine rings is 1. The van der Waals surface area contributed by atoms with Gasteiger partial charge < -0.3 is 9.88 Å². The van der Waals surface area contributed by atoms with Crippen molar-refractivity contribution in [1.29, 1.82) is 0 Å². The molecule has 0 atom stereocenters. The van der Waals surface area contributed by atoms with Gasteiger partial charge in [-0.1, -0.05) is 23.7 Å². The van der Waals surface area contributed by atoms with E-state index in [2.05, 4.69) is 14.9 Å². The summed E-state index contributed by atoms with van der Waals surface area (Å²) in [5.74, 6) is -0.233. The first kappa shape index (κ1) is 23.0. The minimum atomic E-state index is -3.57. The van der Waals surface area contributed by atoms with Gasteiger partial charge in [-0.3, -0.25) is 4.79 Å². The van der Waals surface area contributed by atoms with Crippen molar-refractivity contribution in [1.82, 2.24) is 19.2 Å². The van der Waals surface area contributed by atoms with Crippen LogP contribution >= 0.6 is 22.9 Å². The fourth-order valence-corrected chi connectivity index (χ4v) is 7.27. The normalized spacial score (nSPS) is 15.6. The van der Waals surface area contributed by atoms with Crippen LogP contribution in [0.25, 0.3) is 11.0 Å². The molecule has 1 amide bonds. The second-order valence-electron chi connectivity index (χ2n) is 8.19. The summed E-state index contributed by atoms with van der Waals surface area (Å²) in [6.45, 7) is 1.18. The molecule has 0 aliphatic carbocycles. The molecule has 34 heavy (non-hydrogen) atoms. The molecule has 1 N–H and O–H groups in total. The topological polar surface area (TPSA) is 84.3 Å². The van der Waals surface area contributed by atoms with Crippen molar-refractivity contribution in [2.45, 2.75) is 29.6 Å². The lowest BCUT2D eigenvalue weighted by Gasteiger charge is -2.31. The number of carbonyl (C=O) groups excluding carboxylic acids is 1. The lowest BCUT2D eigenvalue weighted by molar-refractivity contribution is 0.0951. The van der Waals surface area contributed by atoms with Gasteiger partial charge in [-0.25, -0.2) is 13.4 Å². The maximum absolute atomic E-state index is 13.2. The summed E-state index contributed by atoms with van der Waals surface area (Å²) >= 11 is 7.05. The van der Waals surface area contributed by atoms with Gasteiger partial charge in [-0.15, -0.1) is 11.3 Å². The molecule has 7 nitrogen and oxygen atoms in total. The van der Waals surface area contributed by atoms with Crippen molar-refractivity contribution in [3.63, 3.8) is 0 Å². The number of fused-ring (bicyclic) bond motifs is 1. The highest BCUT2D eigenvalue weighted by molar-refractivity contribution is 7.91. The molecule has 0 bridgehead atoms. The number of aromatic nitrogens is 2. The summed E-state index contributed by atoms with van der Waals surface area (Å²) < 4.78 is 30.4. The highest BCUT2D eigenvalue weighted by atomic mass is 35.5. The summed E-state index contributed by atoms with van der Waals surface area (Å²) in [7, 11) is -3.57. The first-order valence-corrected chi connectivity index (χ1v) is 13.6. The quantitative estimate of drug-likeness (QED) is 0.404. The molecule has 2 aromatic carbocycles. The fraction of sp³-hybridized carbons (Fsp3) is 0.250. The summed E-state index contributed by atoms with van der Waals surface area (Å²) in [6.07, 6.45) is 3.31. The van der Waals surface area contributed by atoms with Crippen LogP contribution in [0.4, 0.5) is 0 Å². The van der Waals surface area contributed by atoms with Crippen molar-refractivity contribution in [3.05, 3.63) is 82.5 Å². The maximum atomic E-state index is 13.2. The van der Waals surface area contributed by atoms with Gasteiger partial charge in [0.2, 0.25) is 0 Å². The van der Waals surface area contributed by atoms with E-state index in [0.29, 0.717) is 27.9 Å². The average molecular weight is 515 g/mol. The molecule has 3 heterocycles. The number of nitrogens with one attached hydrogen (secondary N) is 1. The minimum absolute atomic E-state index is 0.223. The maximum Gasteiger partial charge on any atom is 0.252 e. The lowest BCUT2D eigenvalue weighted by atomic mass is 10.1. The Labute approximate surface area is 207 Å². The summed E-state index contributed by atoms with van der Waals surface area (Å²) in [4.78, 5) is 17.5. The Balaban J connectivity index is 1.21. The summed E-state index contributed by atoms with van der Waals surface area (Å²) in [5.41, 5.74) is 2.53. The Kier molecular flexibility index (Phi) is 6.44. The number of para-hydroxylation sites is 2. The van der Waals surface area contributed by atoms with Crippen LogP contribution in [-0.2, 0) is 16.6 Å². The van der Waals surface area contributed by atoms with Gasteiger partial charge in [0.1, 0.15) is 4.21 Å². The van der Waals surface area contributed by atoms with Crippen molar-refractivity contribution in [2.75, 3.05) is 13.1 Å². The van der Waals surface area contributed by atoms with Gasteiger partial charge in [0.15, 0.2) is 0 Å². The predicted molar refractivity (Wildman–Crippen MR) is 134 cm³/mol. The van der Waals surface area contributed by atoms with Crippen LogP contribution in [0, 0.1) is 0 Å². The number of hydrogen-bond acceptors (Lipinski definition) is 5. The zero-order chi connectivity index (χ0) is 23.7. The van der Waals surface area contributed by atoms with Crippen molar-refractivity contribution < 1.29 is 13.2 Å². The van der Waals surface area contributed by atoms with E-state index < -0.39 is 10.0 Å². The lowest BCUT2D eigenvalue weighted by Crippen LogP contribution is -2.38. The molecule has 1 fully saturated rings. The first-order chi connectivity index (χ1) is 16.4. The second kappa shape index (κ2) is 9.50. The van der Waals surface area contributed by atoms with Crippen LogP contribution < -0.4 is 5.32 Å². The molecule has 0 radical (unpaired) electrons. The average Bonchev–Trinajstić information content (AvgIpc) is 3.51. The summed E-state index contributed by atoms with van der Waals surface area (Å²) in [5, 5.41) is 3.39. The number of halogens is 1. The molecule has 0 spiro atoms. The third-order valence-corrected chi connectivity index (χ3v) is 9.76. The van der Waals surface area contributed by atoms with E-state index in [9.17, 15) is 13.2 Å². The van der Waals surface area contributed by atoms with Crippen LogP contribution in [0.2, 0.25) is 5.02 Å². The molecule has 176 valence electrons. The number of benzene rings is 2. The molecule has 10 heteroatoms. The van der Waals surface area contributed by atoms with Gasteiger partial charge >= 0.3 is 0 Å². The van der Waals surface area contributed by atoms with E-state index in [-0.39, 0.29) is 18.5 Å². The molecule has 1 aliphatic rings. The second-order valence-corrected chi connectivity index (χ2v) is 12.0. The monoisotopic (exact) mass is 514 g/mol. The number of imidazole rings is 1. The van der Waals surface area contributed by atoms with E-state index >= 15 is 0 Å². The van der Waals surface area contributed by atoms with Crippen molar-refractivity contribution in [3.8, 4) is 0 Å². The van der Waals surface area contributed by atoms with Crippen molar-refractivity contribution >= 4 is 49.9 Å². The molecule has 0 saturated carbocycles. The van der Waals surface area contributed by atoms with E-state index in [1.165, 1.54) is 11.3 Å². The van der Waals surface area contributed by atoms with Crippen LogP contribution in [0.15, 0.2) is 71.2 Å². The highest BCUT2D eigenvalue weighted by Gasteiger charge is 2.31. The zero-order valence-corrected chi connectivity index (χ0v) is 20.6. The summed E-state index contributed by atoms with van der Waals surface area (Å²) in [6, 6.07) is 18.2. The smallest absolute Gasteiger partial charge is 0.252 e. The van der Waals surface area contributed by atoms with Gasteiger partial charge in [-0.05, 0) is 61.4 Å². The predicted octanol–water partition coefficient (Wildman–Crippen LogP) is 4.71. The van der Waals surface area contributed by atoms with E-state index in [4.69, 9.17) is 11.6 Å². The number of thiophene rings is 1. The third-order valence-electron chi connectivity index (χ3n) is 6.06. The number of carbonyl (C=O) groups is 1. The van der Waals surface area contributed by atoms with E-state index in [0.717, 1.165) is 28.8 Å². The van der Waals surface area contributed by atoms with Crippen molar-refractivity contribution in [2.24, 2.45) is 0 Å². The molecule has 5 rings (SSSR count). The number of sulfonamides is 1. The largest absolute Gasteiger partial charge is 0.347 e. The molecule has 2 aromatic heterocycles. The molecular formula is C24H23ClN4O3S2. The molecule has 1 saturated heterocycles. The number of rotatable bonds is 6. The number of nitrogens with zero attached hydrogens (tertiary/aromatic N) is 3. The first-order valence-electron chi connectivity index (χ1n) is 11.0. The van der Waals surface area contributed by atoms with Gasteiger partial charge in [0.05, 0.1) is 23.9 Å². The number of amides is 1. The Morgan fingerprint density at radius 3 is 2.56 bits per heavy atom. The van der Waals surface area contributed by atoms with Crippen LogP contribution in [0.1, 0.15) is 34.1 Å². The van der Waals surface area contributed by atoms with Gasteiger partial charge in [0, 0.05) is 34.6 Å². The standard InChI is InChI=1S/C24H23ClN4O3S2/c25-18-7-5-17(6-8-18)24(30)26-15-20-9-10-23(33-20)34(31,32)28-13-11-19(12-14-28)29-16-27-21-3-1-2-4-22(21)29/h1-10,16,19H,11-15H2,(H,26,30). The number of hydrogen-bond donors (Lipinski definition) is 1. The fourth-order valence-electron chi connectivity index (χ4n) is 4.22. The minimum Gasteiger partial charge on any atom is -0.347 e. The van der Waals surface area contributed by atoms with Crippen LogP contribution in [0.3, 0.4) is 0 Å². The molecule has 1 aliphatic heterocycles. The highest BCUT2D eigenvalue weighted by Crippen LogP contribution is 2.31. The SMILES string of the molecule is O=C(NCc1ccc(S(=O)(=O)N2CCC(n3cnc4ccccc43)CC2)s1)c1ccc(Cl)cc1. The Bertz CT molecular complexity index is 1420. The third kappa shape index (κ3) is 4.61. The molecular weight excluding hydrogens is 492 g/mol. The van der Waals surface area contributed by atoms with Gasteiger partial charge in [-0.2, -0.15) is 4.31 Å². The van der Waals surface area contributed by atoms with Crippen LogP contribution in [0.5, 0.6) is 0 Å². The van der Waals surface area contributed by atoms with E-state index in [1.54, 1.807) is 40.7 Å². The van der Waals surface area contributed by atoms with Crippen LogP contribution in [-0.4, -0.2) is 41.3 Å². The Morgan fingerprint density at radius 2 is 1.79 bits per heavy atom. The molecule has 0 unspecified atom stereocenters. The van der Waals surface area contributed by atoms with Gasteiger partial charge in [0.25, 0.3) is 15.9 Å². The van der Waals surface area contributed by atoms with E-state index in [1.807, 2.05) is 30.6 Å². The zero-order valence-electron chi connectivity index (χ0n) is 18.2. The Hall–Kier alpha value is -2.72. The molecule has 4 aromatic rings. The Morgan fingerprint density at radius 1 is 1.06 bits per heavy atom.